The van der Waals surface area contributed by atoms with Crippen molar-refractivity contribution in [1.82, 2.24) is 0 Å². The van der Waals surface area contributed by atoms with Gasteiger partial charge in [0, 0.05) is 5.54 Å². The van der Waals surface area contributed by atoms with Crippen molar-refractivity contribution in [3.8, 4) is 5.75 Å². The summed E-state index contributed by atoms with van der Waals surface area (Å²) in [5, 5.41) is 8.94. The lowest BCUT2D eigenvalue weighted by Crippen LogP contribution is -2.34. The van der Waals surface area contributed by atoms with E-state index in [2.05, 4.69) is 0 Å². The monoisotopic (exact) mass is 183 g/mol. The molecule has 3 heteroatoms. The minimum absolute atomic E-state index is 0.321. The highest BCUT2D eigenvalue weighted by atomic mass is 19.1. The molecular weight excluding hydrogens is 169 g/mol. The highest BCUT2D eigenvalue weighted by Gasteiger charge is 2.12. The van der Waals surface area contributed by atoms with Crippen LogP contribution >= 0.6 is 0 Å². The van der Waals surface area contributed by atoms with Crippen molar-refractivity contribution in [3.63, 3.8) is 0 Å². The van der Waals surface area contributed by atoms with Crippen molar-refractivity contribution in [2.75, 3.05) is 0 Å². The summed E-state index contributed by atoms with van der Waals surface area (Å²) in [6.07, 6.45) is 0.588. The third-order valence-corrected chi connectivity index (χ3v) is 1.67. The third kappa shape index (κ3) is 3.03. The van der Waals surface area contributed by atoms with Crippen LogP contribution in [0.4, 0.5) is 4.39 Å². The van der Waals surface area contributed by atoms with E-state index in [1.807, 2.05) is 13.8 Å². The van der Waals surface area contributed by atoms with E-state index in [0.717, 1.165) is 5.56 Å². The molecule has 0 aliphatic carbocycles. The van der Waals surface area contributed by atoms with E-state index < -0.39 is 5.82 Å². The molecule has 2 nitrogen and oxygen atoms in total. The Bertz CT molecular complexity index is 304. The number of rotatable bonds is 2. The molecule has 0 amide bonds. The van der Waals surface area contributed by atoms with Crippen LogP contribution in [0.25, 0.3) is 0 Å². The van der Waals surface area contributed by atoms with Crippen molar-refractivity contribution in [2.45, 2.75) is 25.8 Å². The zero-order valence-corrected chi connectivity index (χ0v) is 7.84. The Morgan fingerprint density at radius 3 is 2.54 bits per heavy atom. The van der Waals surface area contributed by atoms with Gasteiger partial charge in [0.25, 0.3) is 0 Å². The molecule has 0 fully saturated rings. The van der Waals surface area contributed by atoms with Gasteiger partial charge in [-0.2, -0.15) is 0 Å². The summed E-state index contributed by atoms with van der Waals surface area (Å²) in [7, 11) is 0. The summed E-state index contributed by atoms with van der Waals surface area (Å²) in [6, 6.07) is 4.33. The molecule has 1 aromatic rings. The van der Waals surface area contributed by atoms with Gasteiger partial charge in [-0.05, 0) is 38.0 Å². The molecule has 0 saturated carbocycles. The highest BCUT2D eigenvalue weighted by molar-refractivity contribution is 5.28. The highest BCUT2D eigenvalue weighted by Crippen LogP contribution is 2.18. The fraction of sp³-hybridized carbons (Fsp3) is 0.400. The number of hydrogen-bond acceptors (Lipinski definition) is 2. The Hall–Kier alpha value is -1.09. The summed E-state index contributed by atoms with van der Waals surface area (Å²) in [6.45, 7) is 3.75. The van der Waals surface area contributed by atoms with Crippen LogP contribution in [0.1, 0.15) is 19.4 Å². The van der Waals surface area contributed by atoms with Gasteiger partial charge in [0.05, 0.1) is 0 Å². The van der Waals surface area contributed by atoms with E-state index in [9.17, 15) is 4.39 Å². The molecule has 0 radical (unpaired) electrons. The number of hydrogen-bond donors (Lipinski definition) is 2. The van der Waals surface area contributed by atoms with E-state index in [4.69, 9.17) is 10.8 Å². The predicted octanol–water partition coefficient (Wildman–Crippen LogP) is 1.81. The summed E-state index contributed by atoms with van der Waals surface area (Å²) >= 11 is 0. The van der Waals surface area contributed by atoms with Crippen LogP contribution in [0, 0.1) is 5.82 Å². The molecule has 13 heavy (non-hydrogen) atoms. The summed E-state index contributed by atoms with van der Waals surface area (Å²) in [5.74, 6) is -0.916. The maximum Gasteiger partial charge on any atom is 0.165 e. The molecule has 0 unspecified atom stereocenters. The quantitative estimate of drug-likeness (QED) is 0.734. The number of phenolic OH excluding ortho intramolecular Hbond substituents is 1. The fourth-order valence-corrected chi connectivity index (χ4v) is 1.19. The zero-order valence-electron chi connectivity index (χ0n) is 7.84. The van der Waals surface area contributed by atoms with Gasteiger partial charge < -0.3 is 10.8 Å². The standard InChI is InChI=1S/C10H14FNO/c1-10(2,12)6-7-3-4-9(13)8(11)5-7/h3-5,13H,6,12H2,1-2H3. The minimum Gasteiger partial charge on any atom is -0.505 e. The first kappa shape index (κ1) is 9.99. The maximum absolute atomic E-state index is 12.9. The largest absolute Gasteiger partial charge is 0.505 e. The lowest BCUT2D eigenvalue weighted by atomic mass is 9.96. The molecule has 1 rings (SSSR count). The van der Waals surface area contributed by atoms with E-state index in [0.29, 0.717) is 6.42 Å². The van der Waals surface area contributed by atoms with Crippen LogP contribution in [-0.2, 0) is 6.42 Å². The van der Waals surface area contributed by atoms with E-state index in [-0.39, 0.29) is 11.3 Å². The Balaban J connectivity index is 2.86. The molecular formula is C10H14FNO. The second-order valence-corrected chi connectivity index (χ2v) is 3.95. The first-order chi connectivity index (χ1) is 5.88. The fourth-order valence-electron chi connectivity index (χ4n) is 1.19. The third-order valence-electron chi connectivity index (χ3n) is 1.67. The van der Waals surface area contributed by atoms with Crippen LogP contribution in [0.2, 0.25) is 0 Å². The van der Waals surface area contributed by atoms with Gasteiger partial charge in [0.2, 0.25) is 0 Å². The predicted molar refractivity (Wildman–Crippen MR) is 50.0 cm³/mol. The van der Waals surface area contributed by atoms with Crippen LogP contribution in [0.5, 0.6) is 5.75 Å². The Morgan fingerprint density at radius 2 is 2.08 bits per heavy atom. The molecule has 72 valence electrons. The Kier molecular flexibility index (Phi) is 2.57. The summed E-state index contributed by atoms with van der Waals surface area (Å²) in [4.78, 5) is 0. The SMILES string of the molecule is CC(C)(N)Cc1ccc(O)c(F)c1. The number of nitrogens with two attached hydrogens (primary N) is 1. The Morgan fingerprint density at radius 1 is 1.46 bits per heavy atom. The van der Waals surface area contributed by atoms with Crippen LogP contribution in [0.15, 0.2) is 18.2 Å². The first-order valence-electron chi connectivity index (χ1n) is 4.15. The molecule has 0 bridgehead atoms. The van der Waals surface area contributed by atoms with E-state index in [1.54, 1.807) is 6.07 Å². The second-order valence-electron chi connectivity index (χ2n) is 3.95. The van der Waals surface area contributed by atoms with Crippen molar-refractivity contribution >= 4 is 0 Å². The first-order valence-corrected chi connectivity index (χ1v) is 4.15. The van der Waals surface area contributed by atoms with Gasteiger partial charge in [0.1, 0.15) is 0 Å². The molecule has 0 spiro atoms. The van der Waals surface area contributed by atoms with Gasteiger partial charge in [-0.25, -0.2) is 4.39 Å². The van der Waals surface area contributed by atoms with Crippen LogP contribution in [0.3, 0.4) is 0 Å². The minimum atomic E-state index is -0.596. The Labute approximate surface area is 77.2 Å². The van der Waals surface area contributed by atoms with Gasteiger partial charge in [0.15, 0.2) is 11.6 Å². The zero-order chi connectivity index (χ0) is 10.1. The number of phenols is 1. The molecule has 0 atom stereocenters. The smallest absolute Gasteiger partial charge is 0.165 e. The number of aromatic hydroxyl groups is 1. The molecule has 0 aliphatic heterocycles. The molecule has 0 saturated heterocycles. The lowest BCUT2D eigenvalue weighted by molar-refractivity contribution is 0.430. The summed E-state index contributed by atoms with van der Waals surface area (Å²) in [5.41, 5.74) is 6.21. The normalized spacial score (nSPS) is 11.7. The van der Waals surface area contributed by atoms with Crippen LogP contribution in [-0.4, -0.2) is 10.6 Å². The average Bonchev–Trinajstić information content (AvgIpc) is 1.94. The van der Waals surface area contributed by atoms with E-state index >= 15 is 0 Å². The molecule has 0 aliphatic rings. The van der Waals surface area contributed by atoms with Gasteiger partial charge >= 0.3 is 0 Å². The van der Waals surface area contributed by atoms with E-state index in [1.165, 1.54) is 12.1 Å². The van der Waals surface area contributed by atoms with Gasteiger partial charge in [-0.3, -0.25) is 0 Å². The van der Waals surface area contributed by atoms with Gasteiger partial charge in [-0.15, -0.1) is 0 Å². The van der Waals surface area contributed by atoms with Crippen molar-refractivity contribution in [3.05, 3.63) is 29.6 Å². The van der Waals surface area contributed by atoms with Crippen molar-refractivity contribution in [1.29, 1.82) is 0 Å². The van der Waals surface area contributed by atoms with Gasteiger partial charge in [-0.1, -0.05) is 6.07 Å². The second kappa shape index (κ2) is 3.34. The molecule has 0 aromatic heterocycles. The topological polar surface area (TPSA) is 46.2 Å². The van der Waals surface area contributed by atoms with Crippen molar-refractivity contribution in [2.24, 2.45) is 5.73 Å². The number of halogens is 1. The maximum atomic E-state index is 12.9. The summed E-state index contributed by atoms with van der Waals surface area (Å²) < 4.78 is 12.9. The average molecular weight is 183 g/mol. The lowest BCUT2D eigenvalue weighted by Gasteiger charge is -2.18. The molecule has 3 N–H and O–H groups in total. The molecule has 1 aromatic carbocycles. The molecule has 0 heterocycles. The number of benzene rings is 1. The van der Waals surface area contributed by atoms with Crippen LogP contribution < -0.4 is 5.73 Å². The van der Waals surface area contributed by atoms with Crippen molar-refractivity contribution < 1.29 is 9.50 Å².